The van der Waals surface area contributed by atoms with Crippen molar-refractivity contribution in [2.75, 3.05) is 0 Å². The molecule has 3 rings (SSSR count). The lowest BCUT2D eigenvalue weighted by Crippen LogP contribution is -2.49. The quantitative estimate of drug-likeness (QED) is 0.650. The van der Waals surface area contributed by atoms with E-state index in [1.54, 1.807) is 12.1 Å². The number of benzene rings is 2. The third-order valence-electron chi connectivity index (χ3n) is 4.04. The Labute approximate surface area is 157 Å². The van der Waals surface area contributed by atoms with Gasteiger partial charge in [0.2, 0.25) is 10.0 Å². The fourth-order valence-electron chi connectivity index (χ4n) is 2.59. The molecule has 0 aliphatic carbocycles. The molecule has 0 saturated carbocycles. The summed E-state index contributed by atoms with van der Waals surface area (Å²) < 4.78 is 33.1. The minimum absolute atomic E-state index is 0.0235. The summed E-state index contributed by atoms with van der Waals surface area (Å²) in [5.74, 6) is 0.566. The molecule has 1 fully saturated rings. The third-order valence-corrected chi connectivity index (χ3v) is 5.61. The van der Waals surface area contributed by atoms with Gasteiger partial charge >= 0.3 is 6.03 Å². The summed E-state index contributed by atoms with van der Waals surface area (Å²) in [5, 5.41) is 4.44. The maximum Gasteiger partial charge on any atom is 0.322 e. The van der Waals surface area contributed by atoms with E-state index in [4.69, 9.17) is 4.74 Å². The van der Waals surface area contributed by atoms with Crippen LogP contribution in [0.25, 0.3) is 0 Å². The van der Waals surface area contributed by atoms with Crippen LogP contribution in [0.4, 0.5) is 4.79 Å². The third kappa shape index (κ3) is 4.44. The number of hydrogen-bond donors (Lipinski definition) is 3. The summed E-state index contributed by atoms with van der Waals surface area (Å²) in [4.78, 5) is 22.8. The lowest BCUT2D eigenvalue weighted by Gasteiger charge is -2.18. The van der Waals surface area contributed by atoms with E-state index in [0.29, 0.717) is 11.5 Å². The molecule has 1 aliphatic rings. The summed E-state index contributed by atoms with van der Waals surface area (Å²) in [7, 11) is -3.87. The maximum absolute atomic E-state index is 12.5. The first-order valence-corrected chi connectivity index (χ1v) is 9.71. The van der Waals surface area contributed by atoms with Crippen LogP contribution < -0.4 is 20.1 Å². The van der Waals surface area contributed by atoms with Gasteiger partial charge in [-0.25, -0.2) is 17.9 Å². The molecule has 0 bridgehead atoms. The van der Waals surface area contributed by atoms with Crippen LogP contribution in [-0.2, 0) is 14.8 Å². The molecule has 3 N–H and O–H groups in total. The van der Waals surface area contributed by atoms with Crippen molar-refractivity contribution in [3.63, 3.8) is 0 Å². The van der Waals surface area contributed by atoms with Gasteiger partial charge in [0.25, 0.3) is 5.91 Å². The highest BCUT2D eigenvalue weighted by Gasteiger charge is 2.36. The molecule has 142 valence electrons. The van der Waals surface area contributed by atoms with Crippen molar-refractivity contribution in [3.05, 3.63) is 54.1 Å². The Morgan fingerprint density at radius 3 is 2.07 bits per heavy atom. The lowest BCUT2D eigenvalue weighted by molar-refractivity contribution is -0.120. The standard InChI is InChI=1S/C18H19N3O5S/c1-11-3-5-13(6-4-11)26-14-7-9-15(10-8-14)27(24,25)21-12(2)16-17(22)20-18(23)19-16/h3-10,12,16,21H,1-2H3,(H2,19,20,22,23)/t12-,16+/m1/s1. The number of rotatable bonds is 6. The van der Waals surface area contributed by atoms with Gasteiger partial charge in [0.1, 0.15) is 17.5 Å². The molecule has 0 aromatic heterocycles. The number of carbonyl (C=O) groups excluding carboxylic acids is 2. The van der Waals surface area contributed by atoms with E-state index < -0.39 is 34.0 Å². The maximum atomic E-state index is 12.5. The van der Waals surface area contributed by atoms with Gasteiger partial charge in [-0.15, -0.1) is 0 Å². The smallest absolute Gasteiger partial charge is 0.322 e. The molecule has 0 spiro atoms. The van der Waals surface area contributed by atoms with E-state index >= 15 is 0 Å². The Hall–Kier alpha value is -2.91. The van der Waals surface area contributed by atoms with Crippen molar-refractivity contribution in [1.82, 2.24) is 15.4 Å². The highest BCUT2D eigenvalue weighted by atomic mass is 32.2. The second-order valence-electron chi connectivity index (χ2n) is 6.24. The first-order chi connectivity index (χ1) is 12.7. The van der Waals surface area contributed by atoms with Crippen molar-refractivity contribution in [2.24, 2.45) is 0 Å². The minimum atomic E-state index is -3.87. The summed E-state index contributed by atoms with van der Waals surface area (Å²) in [6.45, 7) is 3.47. The number of nitrogens with one attached hydrogen (secondary N) is 3. The molecule has 9 heteroatoms. The van der Waals surface area contributed by atoms with Crippen LogP contribution in [-0.4, -0.2) is 32.4 Å². The highest BCUT2D eigenvalue weighted by Crippen LogP contribution is 2.23. The molecule has 2 aromatic carbocycles. The number of imide groups is 1. The van der Waals surface area contributed by atoms with Gasteiger partial charge in [-0.1, -0.05) is 17.7 Å². The first kappa shape index (κ1) is 18.9. The van der Waals surface area contributed by atoms with E-state index in [2.05, 4.69) is 15.4 Å². The number of sulfonamides is 1. The minimum Gasteiger partial charge on any atom is -0.457 e. The first-order valence-electron chi connectivity index (χ1n) is 8.23. The molecule has 3 amide bonds. The van der Waals surface area contributed by atoms with Crippen LogP contribution in [0.1, 0.15) is 12.5 Å². The molecule has 2 atom stereocenters. The molecule has 27 heavy (non-hydrogen) atoms. The van der Waals surface area contributed by atoms with Gasteiger partial charge < -0.3 is 10.1 Å². The van der Waals surface area contributed by atoms with E-state index in [-0.39, 0.29) is 4.90 Å². The molecule has 0 unspecified atom stereocenters. The Kier molecular flexibility index (Phi) is 5.15. The summed E-state index contributed by atoms with van der Waals surface area (Å²) in [6.07, 6.45) is 0. The number of hydrogen-bond acceptors (Lipinski definition) is 5. The van der Waals surface area contributed by atoms with Gasteiger partial charge in [-0.3, -0.25) is 10.1 Å². The number of amides is 3. The van der Waals surface area contributed by atoms with Crippen molar-refractivity contribution >= 4 is 22.0 Å². The number of ether oxygens (including phenoxy) is 1. The van der Waals surface area contributed by atoms with Gasteiger partial charge in [-0.2, -0.15) is 0 Å². The Bertz CT molecular complexity index is 955. The van der Waals surface area contributed by atoms with E-state index in [9.17, 15) is 18.0 Å². The zero-order chi connectivity index (χ0) is 19.6. The average molecular weight is 389 g/mol. The number of aryl methyl sites for hydroxylation is 1. The van der Waals surface area contributed by atoms with E-state index in [1.807, 2.05) is 31.2 Å². The topological polar surface area (TPSA) is 114 Å². The van der Waals surface area contributed by atoms with E-state index in [0.717, 1.165) is 5.56 Å². The Balaban J connectivity index is 1.68. The SMILES string of the molecule is Cc1ccc(Oc2ccc(S(=O)(=O)N[C@H](C)[C@@H]3NC(=O)NC3=O)cc2)cc1. The van der Waals surface area contributed by atoms with Crippen LogP contribution in [0, 0.1) is 6.92 Å². The molecule has 0 radical (unpaired) electrons. The monoisotopic (exact) mass is 389 g/mol. The van der Waals surface area contributed by atoms with Crippen LogP contribution in [0.15, 0.2) is 53.4 Å². The average Bonchev–Trinajstić information content (AvgIpc) is 2.95. The predicted octanol–water partition coefficient (Wildman–Crippen LogP) is 1.66. The van der Waals surface area contributed by atoms with Crippen LogP contribution in [0.5, 0.6) is 11.5 Å². The molecule has 1 aliphatic heterocycles. The Morgan fingerprint density at radius 1 is 1.00 bits per heavy atom. The van der Waals surface area contributed by atoms with Crippen molar-refractivity contribution < 1.29 is 22.7 Å². The van der Waals surface area contributed by atoms with Crippen LogP contribution >= 0.6 is 0 Å². The predicted molar refractivity (Wildman–Crippen MR) is 97.9 cm³/mol. The Morgan fingerprint density at radius 2 is 1.56 bits per heavy atom. The molecule has 1 saturated heterocycles. The molecular weight excluding hydrogens is 370 g/mol. The zero-order valence-corrected chi connectivity index (χ0v) is 15.5. The summed E-state index contributed by atoms with van der Waals surface area (Å²) in [5.41, 5.74) is 1.11. The second-order valence-corrected chi connectivity index (χ2v) is 7.95. The molecule has 2 aromatic rings. The van der Waals surface area contributed by atoms with Crippen molar-refractivity contribution in [3.8, 4) is 11.5 Å². The second kappa shape index (κ2) is 7.37. The summed E-state index contributed by atoms with van der Waals surface area (Å²) in [6, 6.07) is 11.0. The fraction of sp³-hybridized carbons (Fsp3) is 0.222. The van der Waals surface area contributed by atoms with Gasteiger partial charge in [-0.05, 0) is 50.2 Å². The molecule has 1 heterocycles. The number of urea groups is 1. The van der Waals surface area contributed by atoms with Gasteiger partial charge in [0, 0.05) is 6.04 Å². The lowest BCUT2D eigenvalue weighted by atomic mass is 10.1. The van der Waals surface area contributed by atoms with Crippen molar-refractivity contribution in [2.45, 2.75) is 30.8 Å². The van der Waals surface area contributed by atoms with Gasteiger partial charge in [0.15, 0.2) is 0 Å². The van der Waals surface area contributed by atoms with Gasteiger partial charge in [0.05, 0.1) is 4.90 Å². The van der Waals surface area contributed by atoms with E-state index in [1.165, 1.54) is 19.1 Å². The normalized spacial score (nSPS) is 17.9. The highest BCUT2D eigenvalue weighted by molar-refractivity contribution is 7.89. The zero-order valence-electron chi connectivity index (χ0n) is 14.7. The molecule has 8 nitrogen and oxygen atoms in total. The number of carbonyl (C=O) groups is 2. The van der Waals surface area contributed by atoms with Crippen LogP contribution in [0.2, 0.25) is 0 Å². The fourth-order valence-corrected chi connectivity index (χ4v) is 3.85. The summed E-state index contributed by atoms with van der Waals surface area (Å²) >= 11 is 0. The van der Waals surface area contributed by atoms with Crippen LogP contribution in [0.3, 0.4) is 0 Å². The molecular formula is C18H19N3O5S. The largest absolute Gasteiger partial charge is 0.457 e. The van der Waals surface area contributed by atoms with Crippen molar-refractivity contribution in [1.29, 1.82) is 0 Å².